The molecule has 3 rings (SSSR count). The summed E-state index contributed by atoms with van der Waals surface area (Å²) in [6, 6.07) is 12.7. The van der Waals surface area contributed by atoms with E-state index in [1.54, 1.807) is 11.8 Å². The van der Waals surface area contributed by atoms with E-state index in [9.17, 15) is 0 Å². The summed E-state index contributed by atoms with van der Waals surface area (Å²) < 4.78 is 6.12. The first-order chi connectivity index (χ1) is 8.22. The Balaban J connectivity index is 2.17. The molecule has 0 saturated heterocycles. The molecule has 0 amide bonds. The molecule has 17 heavy (non-hydrogen) atoms. The fourth-order valence-electron chi connectivity index (χ4n) is 2.22. The van der Waals surface area contributed by atoms with Gasteiger partial charge in [0, 0.05) is 5.39 Å². The molecule has 0 aromatic heterocycles. The van der Waals surface area contributed by atoms with E-state index in [2.05, 4.69) is 49.4 Å². The van der Waals surface area contributed by atoms with E-state index in [-0.39, 0.29) is 4.93 Å². The third-order valence-corrected chi connectivity index (χ3v) is 4.10. The van der Waals surface area contributed by atoms with E-state index in [1.165, 1.54) is 15.7 Å². The number of allylic oxidation sites excluding steroid dienone is 1. The molecule has 1 aliphatic heterocycles. The Labute approximate surface area is 105 Å². The van der Waals surface area contributed by atoms with Gasteiger partial charge in [-0.25, -0.2) is 0 Å². The van der Waals surface area contributed by atoms with Crippen molar-refractivity contribution in [2.24, 2.45) is 0 Å². The van der Waals surface area contributed by atoms with Crippen LogP contribution in [0, 0.1) is 0 Å². The fraction of sp³-hybridized carbons (Fsp3) is 0.200. The smallest absolute Gasteiger partial charge is 0.175 e. The number of fused-ring (bicyclic) bond motifs is 3. The zero-order valence-electron chi connectivity index (χ0n) is 9.94. The van der Waals surface area contributed by atoms with E-state index < -0.39 is 0 Å². The highest BCUT2D eigenvalue weighted by Crippen LogP contribution is 2.50. The Hall–Kier alpha value is -1.41. The fourth-order valence-corrected chi connectivity index (χ4v) is 3.37. The molecule has 1 nitrogen and oxygen atoms in total. The predicted molar refractivity (Wildman–Crippen MR) is 73.7 cm³/mol. The van der Waals surface area contributed by atoms with Gasteiger partial charge in [-0.3, -0.25) is 0 Å². The highest BCUT2D eigenvalue weighted by Gasteiger charge is 2.34. The molecule has 1 aliphatic rings. The number of thioether (sulfide) groups is 1. The van der Waals surface area contributed by atoms with Gasteiger partial charge in [0.2, 0.25) is 0 Å². The molecule has 2 heteroatoms. The van der Waals surface area contributed by atoms with Gasteiger partial charge >= 0.3 is 0 Å². The van der Waals surface area contributed by atoms with Crippen LogP contribution in [0.2, 0.25) is 0 Å². The Kier molecular flexibility index (Phi) is 2.40. The molecule has 0 saturated carbocycles. The van der Waals surface area contributed by atoms with Crippen LogP contribution < -0.4 is 4.74 Å². The van der Waals surface area contributed by atoms with Crippen molar-refractivity contribution in [2.45, 2.75) is 23.7 Å². The molecule has 0 aliphatic carbocycles. The zero-order chi connectivity index (χ0) is 11.9. The summed E-state index contributed by atoms with van der Waals surface area (Å²) in [5.74, 6) is 1.02. The van der Waals surface area contributed by atoms with Gasteiger partial charge in [-0.2, -0.15) is 0 Å². The minimum Gasteiger partial charge on any atom is -0.471 e. The topological polar surface area (TPSA) is 9.23 Å². The standard InChI is InChI=1S/C15H14OS/c1-3-10-15(2)16-14-12-7-5-4-6-11(12)8-9-13(14)17-15/h3-10H,1-2H3/b10-3-. The average Bonchev–Trinajstić information content (AvgIpc) is 2.66. The van der Waals surface area contributed by atoms with Crippen molar-refractivity contribution >= 4 is 22.5 Å². The maximum atomic E-state index is 6.12. The molecule has 0 bridgehead atoms. The van der Waals surface area contributed by atoms with Crippen LogP contribution in [0.1, 0.15) is 13.8 Å². The second-order valence-corrected chi connectivity index (χ2v) is 5.79. The van der Waals surface area contributed by atoms with Crippen LogP contribution in [0.25, 0.3) is 10.8 Å². The van der Waals surface area contributed by atoms with E-state index >= 15 is 0 Å². The summed E-state index contributed by atoms with van der Waals surface area (Å²) in [5, 5.41) is 2.43. The lowest BCUT2D eigenvalue weighted by molar-refractivity contribution is 0.247. The van der Waals surface area contributed by atoms with E-state index in [1.807, 2.05) is 13.0 Å². The maximum Gasteiger partial charge on any atom is 0.175 e. The predicted octanol–water partition coefficient (Wildman–Crippen LogP) is 4.62. The van der Waals surface area contributed by atoms with Crippen LogP contribution in [-0.2, 0) is 0 Å². The SMILES string of the molecule is C/C=C\C1(C)Oc2c(ccc3ccccc23)S1. The van der Waals surface area contributed by atoms with Gasteiger partial charge in [0.05, 0.1) is 4.90 Å². The minimum absolute atomic E-state index is 0.263. The summed E-state index contributed by atoms with van der Waals surface area (Å²) in [7, 11) is 0. The minimum atomic E-state index is -0.263. The van der Waals surface area contributed by atoms with Crippen molar-refractivity contribution in [2.75, 3.05) is 0 Å². The van der Waals surface area contributed by atoms with Crippen LogP contribution in [0.3, 0.4) is 0 Å². The molecule has 2 aromatic carbocycles. The number of hydrogen-bond acceptors (Lipinski definition) is 2. The van der Waals surface area contributed by atoms with Crippen molar-refractivity contribution in [3.05, 3.63) is 48.6 Å². The Bertz CT molecular complexity index is 603. The number of ether oxygens (including phenoxy) is 1. The van der Waals surface area contributed by atoms with Crippen LogP contribution in [0.4, 0.5) is 0 Å². The van der Waals surface area contributed by atoms with Gasteiger partial charge in [-0.15, -0.1) is 0 Å². The molecular formula is C15H14OS. The lowest BCUT2D eigenvalue weighted by Gasteiger charge is -2.18. The van der Waals surface area contributed by atoms with Gasteiger partial charge in [0.1, 0.15) is 5.75 Å². The summed E-state index contributed by atoms with van der Waals surface area (Å²) in [6.07, 6.45) is 4.15. The largest absolute Gasteiger partial charge is 0.471 e. The zero-order valence-corrected chi connectivity index (χ0v) is 10.8. The molecule has 86 valence electrons. The van der Waals surface area contributed by atoms with Gasteiger partial charge in [-0.05, 0) is 31.4 Å². The summed E-state index contributed by atoms with van der Waals surface area (Å²) in [6.45, 7) is 4.13. The van der Waals surface area contributed by atoms with E-state index in [4.69, 9.17) is 4.74 Å². The lowest BCUT2D eigenvalue weighted by Crippen LogP contribution is -2.20. The van der Waals surface area contributed by atoms with Gasteiger partial charge in [0.15, 0.2) is 4.93 Å². The Morgan fingerprint density at radius 1 is 1.18 bits per heavy atom. The molecule has 0 N–H and O–H groups in total. The maximum absolute atomic E-state index is 6.12. The number of hydrogen-bond donors (Lipinski definition) is 0. The third kappa shape index (κ3) is 1.73. The Morgan fingerprint density at radius 3 is 2.82 bits per heavy atom. The van der Waals surface area contributed by atoms with Crippen LogP contribution >= 0.6 is 11.8 Å². The second kappa shape index (κ2) is 3.81. The monoisotopic (exact) mass is 242 g/mol. The van der Waals surface area contributed by atoms with Crippen LogP contribution in [0.5, 0.6) is 5.75 Å². The van der Waals surface area contributed by atoms with Gasteiger partial charge < -0.3 is 4.74 Å². The first-order valence-electron chi connectivity index (χ1n) is 5.75. The van der Waals surface area contributed by atoms with Gasteiger partial charge in [-0.1, -0.05) is 48.2 Å². The summed E-state index contributed by atoms with van der Waals surface area (Å²) in [5.41, 5.74) is 0. The highest BCUT2D eigenvalue weighted by atomic mass is 32.2. The highest BCUT2D eigenvalue weighted by molar-refractivity contribution is 8.01. The number of rotatable bonds is 1. The van der Waals surface area contributed by atoms with E-state index in [0.717, 1.165) is 5.75 Å². The molecule has 1 atom stereocenters. The van der Waals surface area contributed by atoms with Crippen molar-refractivity contribution < 1.29 is 4.74 Å². The molecule has 0 radical (unpaired) electrons. The second-order valence-electron chi connectivity index (χ2n) is 4.33. The first-order valence-corrected chi connectivity index (χ1v) is 6.57. The molecule has 0 fully saturated rings. The van der Waals surface area contributed by atoms with Crippen molar-refractivity contribution in [1.29, 1.82) is 0 Å². The van der Waals surface area contributed by atoms with Crippen molar-refractivity contribution in [1.82, 2.24) is 0 Å². The molecule has 2 aromatic rings. The van der Waals surface area contributed by atoms with Crippen molar-refractivity contribution in [3.63, 3.8) is 0 Å². The normalized spacial score (nSPS) is 22.9. The Morgan fingerprint density at radius 2 is 2.00 bits per heavy atom. The first kappa shape index (κ1) is 10.7. The van der Waals surface area contributed by atoms with Crippen LogP contribution in [0.15, 0.2) is 53.4 Å². The summed E-state index contributed by atoms with van der Waals surface area (Å²) >= 11 is 1.77. The lowest BCUT2D eigenvalue weighted by atomic mass is 10.1. The quantitative estimate of drug-likeness (QED) is 0.675. The average molecular weight is 242 g/mol. The summed E-state index contributed by atoms with van der Waals surface area (Å²) in [4.78, 5) is 0.964. The van der Waals surface area contributed by atoms with E-state index in [0.29, 0.717) is 0 Å². The van der Waals surface area contributed by atoms with Gasteiger partial charge in [0.25, 0.3) is 0 Å². The molecular weight excluding hydrogens is 228 g/mol. The third-order valence-electron chi connectivity index (χ3n) is 2.93. The van der Waals surface area contributed by atoms with Crippen molar-refractivity contribution in [3.8, 4) is 5.75 Å². The molecule has 1 unspecified atom stereocenters. The molecule has 0 spiro atoms. The van der Waals surface area contributed by atoms with Crippen LogP contribution in [-0.4, -0.2) is 4.93 Å². The molecule has 1 heterocycles. The number of benzene rings is 2.